The average molecular weight is 431 g/mol. The molecule has 6 nitrogen and oxygen atoms in total. The number of carbonyl (C=O) groups is 2. The highest BCUT2D eigenvalue weighted by molar-refractivity contribution is 6.02. The van der Waals surface area contributed by atoms with Crippen LogP contribution in [0.1, 0.15) is 23.6 Å². The van der Waals surface area contributed by atoms with Crippen molar-refractivity contribution in [3.8, 4) is 11.5 Å². The van der Waals surface area contributed by atoms with Crippen molar-refractivity contribution in [2.45, 2.75) is 20.5 Å². The van der Waals surface area contributed by atoms with Gasteiger partial charge >= 0.3 is 0 Å². The maximum absolute atomic E-state index is 12.2. The van der Waals surface area contributed by atoms with E-state index in [0.29, 0.717) is 29.5 Å². The Morgan fingerprint density at radius 3 is 2.25 bits per heavy atom. The van der Waals surface area contributed by atoms with E-state index in [1.807, 2.05) is 49.4 Å². The van der Waals surface area contributed by atoms with Gasteiger partial charge in [0.1, 0.15) is 6.61 Å². The minimum atomic E-state index is -0.267. The van der Waals surface area contributed by atoms with E-state index in [9.17, 15) is 9.59 Å². The van der Waals surface area contributed by atoms with Crippen LogP contribution < -0.4 is 20.1 Å². The largest absolute Gasteiger partial charge is 0.493 e. The molecule has 32 heavy (non-hydrogen) atoms. The zero-order valence-electron chi connectivity index (χ0n) is 18.3. The molecule has 0 aliphatic rings. The summed E-state index contributed by atoms with van der Waals surface area (Å²) in [4.78, 5) is 23.3. The van der Waals surface area contributed by atoms with Crippen molar-refractivity contribution >= 4 is 29.3 Å². The van der Waals surface area contributed by atoms with E-state index in [1.54, 1.807) is 37.5 Å². The molecule has 0 saturated heterocycles. The fourth-order valence-electron chi connectivity index (χ4n) is 3.03. The van der Waals surface area contributed by atoms with Gasteiger partial charge in [0.05, 0.1) is 7.11 Å². The first-order valence-electron chi connectivity index (χ1n) is 10.2. The molecule has 2 amide bonds. The van der Waals surface area contributed by atoms with E-state index in [-0.39, 0.29) is 11.8 Å². The van der Waals surface area contributed by atoms with Crippen LogP contribution in [0.25, 0.3) is 6.08 Å². The van der Waals surface area contributed by atoms with Crippen molar-refractivity contribution in [2.24, 2.45) is 0 Å². The molecule has 0 saturated carbocycles. The molecular formula is C26H26N2O4. The number of benzene rings is 3. The Balaban J connectivity index is 1.60. The summed E-state index contributed by atoms with van der Waals surface area (Å²) in [6.45, 7) is 3.94. The molecule has 0 heterocycles. The standard InChI is InChI=1S/C26H26N2O4/c1-18-6-4-5-7-21(18)17-32-24-14-8-20(16-25(24)31-3)9-15-26(30)28-23-12-10-22(11-13-23)27-19(2)29/h4-16H,17H2,1-3H3,(H,27,29)(H,28,30)/b15-9+. The first-order chi connectivity index (χ1) is 15.4. The van der Waals surface area contributed by atoms with Gasteiger partial charge in [0.25, 0.3) is 0 Å². The highest BCUT2D eigenvalue weighted by Gasteiger charge is 2.07. The SMILES string of the molecule is COc1cc(/C=C/C(=O)Nc2ccc(NC(C)=O)cc2)ccc1OCc1ccccc1C. The second-order valence-corrected chi connectivity index (χ2v) is 7.21. The maximum Gasteiger partial charge on any atom is 0.248 e. The monoisotopic (exact) mass is 430 g/mol. The van der Waals surface area contributed by atoms with Gasteiger partial charge in [-0.3, -0.25) is 9.59 Å². The first kappa shape index (κ1) is 22.6. The number of ether oxygens (including phenoxy) is 2. The Morgan fingerprint density at radius 2 is 1.59 bits per heavy atom. The minimum Gasteiger partial charge on any atom is -0.493 e. The number of anilines is 2. The molecule has 3 aromatic rings. The van der Waals surface area contributed by atoms with Crippen LogP contribution in [0.5, 0.6) is 11.5 Å². The normalized spacial score (nSPS) is 10.6. The Bertz CT molecular complexity index is 1120. The van der Waals surface area contributed by atoms with Crippen LogP contribution in [0, 0.1) is 6.92 Å². The highest BCUT2D eigenvalue weighted by Crippen LogP contribution is 2.29. The smallest absolute Gasteiger partial charge is 0.248 e. The van der Waals surface area contributed by atoms with Gasteiger partial charge in [-0.05, 0) is 66.1 Å². The van der Waals surface area contributed by atoms with E-state index in [2.05, 4.69) is 10.6 Å². The Labute approximate surface area is 187 Å². The molecule has 0 aromatic heterocycles. The van der Waals surface area contributed by atoms with Crippen LogP contribution in [0.2, 0.25) is 0 Å². The van der Waals surface area contributed by atoms with Crippen LogP contribution in [-0.2, 0) is 16.2 Å². The summed E-state index contributed by atoms with van der Waals surface area (Å²) >= 11 is 0. The number of nitrogens with one attached hydrogen (secondary N) is 2. The van der Waals surface area contributed by atoms with E-state index in [0.717, 1.165) is 11.1 Å². The maximum atomic E-state index is 12.2. The predicted octanol–water partition coefficient (Wildman–Crippen LogP) is 5.19. The van der Waals surface area contributed by atoms with Crippen LogP contribution in [0.3, 0.4) is 0 Å². The van der Waals surface area contributed by atoms with Crippen molar-refractivity contribution in [1.82, 2.24) is 0 Å². The Hall–Kier alpha value is -4.06. The van der Waals surface area contributed by atoms with Crippen LogP contribution >= 0.6 is 0 Å². The number of rotatable bonds is 8. The molecule has 0 fully saturated rings. The number of aryl methyl sites for hydroxylation is 1. The van der Waals surface area contributed by atoms with Crippen LogP contribution in [0.4, 0.5) is 11.4 Å². The predicted molar refractivity (Wildman–Crippen MR) is 127 cm³/mol. The molecule has 3 rings (SSSR count). The number of carbonyl (C=O) groups excluding carboxylic acids is 2. The lowest BCUT2D eigenvalue weighted by molar-refractivity contribution is -0.114. The van der Waals surface area contributed by atoms with Gasteiger partial charge in [-0.25, -0.2) is 0 Å². The van der Waals surface area contributed by atoms with Gasteiger partial charge in [-0.2, -0.15) is 0 Å². The van der Waals surface area contributed by atoms with Crippen LogP contribution in [-0.4, -0.2) is 18.9 Å². The molecule has 0 atom stereocenters. The second kappa shape index (κ2) is 10.8. The van der Waals surface area contributed by atoms with Crippen molar-refractivity contribution in [3.05, 3.63) is 89.5 Å². The van der Waals surface area contributed by atoms with E-state index in [1.165, 1.54) is 18.6 Å². The molecular weight excluding hydrogens is 404 g/mol. The fourth-order valence-corrected chi connectivity index (χ4v) is 3.03. The average Bonchev–Trinajstić information content (AvgIpc) is 2.78. The fraction of sp³-hybridized carbons (Fsp3) is 0.154. The van der Waals surface area contributed by atoms with Crippen molar-refractivity contribution in [1.29, 1.82) is 0 Å². The van der Waals surface area contributed by atoms with Gasteiger partial charge in [0.15, 0.2) is 11.5 Å². The van der Waals surface area contributed by atoms with Gasteiger partial charge in [0.2, 0.25) is 11.8 Å². The topological polar surface area (TPSA) is 76.7 Å². The summed E-state index contributed by atoms with van der Waals surface area (Å²) in [6, 6.07) is 20.5. The number of amides is 2. The summed E-state index contributed by atoms with van der Waals surface area (Å²) < 4.78 is 11.4. The van der Waals surface area contributed by atoms with Crippen LogP contribution in [0.15, 0.2) is 72.8 Å². The Kier molecular flexibility index (Phi) is 7.65. The van der Waals surface area contributed by atoms with Crippen molar-refractivity contribution < 1.29 is 19.1 Å². The summed E-state index contributed by atoms with van der Waals surface area (Å²) in [7, 11) is 1.58. The summed E-state index contributed by atoms with van der Waals surface area (Å²) in [5, 5.41) is 5.46. The number of methoxy groups -OCH3 is 1. The third kappa shape index (κ3) is 6.47. The molecule has 164 valence electrons. The van der Waals surface area contributed by atoms with E-state index >= 15 is 0 Å². The molecule has 0 bridgehead atoms. The van der Waals surface area contributed by atoms with Gasteiger partial charge < -0.3 is 20.1 Å². The van der Waals surface area contributed by atoms with Gasteiger partial charge in [0, 0.05) is 24.4 Å². The molecule has 0 spiro atoms. The third-order valence-corrected chi connectivity index (χ3v) is 4.73. The van der Waals surface area contributed by atoms with E-state index in [4.69, 9.17) is 9.47 Å². The van der Waals surface area contributed by atoms with Crippen molar-refractivity contribution in [2.75, 3.05) is 17.7 Å². The third-order valence-electron chi connectivity index (χ3n) is 4.73. The molecule has 2 N–H and O–H groups in total. The number of hydrogen-bond donors (Lipinski definition) is 2. The highest BCUT2D eigenvalue weighted by atomic mass is 16.5. The zero-order chi connectivity index (χ0) is 22.9. The summed E-state index contributed by atoms with van der Waals surface area (Å²) in [5.41, 5.74) is 4.39. The minimum absolute atomic E-state index is 0.147. The van der Waals surface area contributed by atoms with Crippen molar-refractivity contribution in [3.63, 3.8) is 0 Å². The molecule has 3 aromatic carbocycles. The first-order valence-corrected chi connectivity index (χ1v) is 10.2. The quantitative estimate of drug-likeness (QED) is 0.482. The molecule has 0 unspecified atom stereocenters. The lowest BCUT2D eigenvalue weighted by Gasteiger charge is -2.12. The zero-order valence-corrected chi connectivity index (χ0v) is 18.3. The van der Waals surface area contributed by atoms with E-state index < -0.39 is 0 Å². The summed E-state index contributed by atoms with van der Waals surface area (Å²) in [5.74, 6) is 0.814. The molecule has 6 heteroatoms. The van der Waals surface area contributed by atoms with Gasteiger partial charge in [-0.15, -0.1) is 0 Å². The lowest BCUT2D eigenvalue weighted by Crippen LogP contribution is -2.08. The second-order valence-electron chi connectivity index (χ2n) is 7.21. The molecule has 0 radical (unpaired) electrons. The molecule has 0 aliphatic heterocycles. The summed E-state index contributed by atoms with van der Waals surface area (Å²) in [6.07, 6.45) is 3.15. The van der Waals surface area contributed by atoms with Gasteiger partial charge in [-0.1, -0.05) is 30.3 Å². The Morgan fingerprint density at radius 1 is 0.906 bits per heavy atom. The molecule has 0 aliphatic carbocycles. The lowest BCUT2D eigenvalue weighted by atomic mass is 10.1. The number of hydrogen-bond acceptors (Lipinski definition) is 4.